The topological polar surface area (TPSA) is 77.5 Å². The van der Waals surface area contributed by atoms with Gasteiger partial charge in [-0.05, 0) is 24.1 Å². The molecule has 6 heteroatoms. The number of aliphatic carboxylic acids is 1. The lowest BCUT2D eigenvalue weighted by Crippen LogP contribution is -2.53. The Labute approximate surface area is 118 Å². The van der Waals surface area contributed by atoms with E-state index in [1.165, 1.54) is 12.1 Å². The smallest absolute Gasteiger partial charge is 0.262 e. The van der Waals surface area contributed by atoms with Gasteiger partial charge in [0.25, 0.3) is 11.8 Å². The zero-order chi connectivity index (χ0) is 14.3. The van der Waals surface area contributed by atoms with Gasteiger partial charge in [0.2, 0.25) is 0 Å². The van der Waals surface area contributed by atoms with Crippen LogP contribution in [0.2, 0.25) is 0 Å². The summed E-state index contributed by atoms with van der Waals surface area (Å²) in [6.07, 6.45) is 0. The molecule has 0 aromatic heterocycles. The van der Waals surface area contributed by atoms with Crippen molar-refractivity contribution in [3.63, 3.8) is 0 Å². The number of rotatable bonds is 3. The van der Waals surface area contributed by atoms with E-state index < -0.39 is 29.7 Å². The van der Waals surface area contributed by atoms with Gasteiger partial charge in [0.05, 0.1) is 23.1 Å². The minimum Gasteiger partial charge on any atom is -0.548 e. The van der Waals surface area contributed by atoms with Crippen molar-refractivity contribution in [1.29, 1.82) is 0 Å². The van der Waals surface area contributed by atoms with Crippen molar-refractivity contribution in [2.24, 2.45) is 5.92 Å². The van der Waals surface area contributed by atoms with E-state index >= 15 is 0 Å². The highest BCUT2D eigenvalue weighted by Crippen LogP contribution is 2.29. The van der Waals surface area contributed by atoms with Gasteiger partial charge in [-0.25, -0.2) is 0 Å². The predicted molar refractivity (Wildman–Crippen MR) is 68.3 cm³/mol. The number of imide groups is 1. The third-order valence-electron chi connectivity index (χ3n) is 3.03. The number of amides is 2. The van der Waals surface area contributed by atoms with Crippen LogP contribution in [-0.2, 0) is 4.79 Å². The molecule has 1 aliphatic heterocycles. The molecule has 19 heavy (non-hydrogen) atoms. The lowest BCUT2D eigenvalue weighted by molar-refractivity contribution is -0.311. The fraction of sp³-hybridized carbons (Fsp3) is 0.308. The van der Waals surface area contributed by atoms with Crippen LogP contribution in [0.1, 0.15) is 34.6 Å². The average Bonchev–Trinajstić information content (AvgIpc) is 2.53. The van der Waals surface area contributed by atoms with Gasteiger partial charge < -0.3 is 9.90 Å². The Kier molecular flexibility index (Phi) is 3.45. The molecule has 0 fully saturated rings. The third kappa shape index (κ3) is 2.16. The fourth-order valence-corrected chi connectivity index (χ4v) is 2.52. The Morgan fingerprint density at radius 3 is 2.32 bits per heavy atom. The molecule has 0 spiro atoms. The van der Waals surface area contributed by atoms with Crippen LogP contribution in [0.15, 0.2) is 22.7 Å². The number of carbonyl (C=O) groups excluding carboxylic acids is 3. The molecule has 0 N–H and O–H groups in total. The van der Waals surface area contributed by atoms with Gasteiger partial charge in [0, 0.05) is 4.47 Å². The van der Waals surface area contributed by atoms with Crippen molar-refractivity contribution >= 4 is 33.7 Å². The van der Waals surface area contributed by atoms with Crippen molar-refractivity contribution in [3.8, 4) is 0 Å². The second-order valence-corrected chi connectivity index (χ2v) is 5.59. The van der Waals surface area contributed by atoms with Gasteiger partial charge in [0.15, 0.2) is 0 Å². The number of benzene rings is 1. The first-order valence-electron chi connectivity index (χ1n) is 5.73. The number of hydrogen-bond donors (Lipinski definition) is 0. The maximum absolute atomic E-state index is 12.2. The van der Waals surface area contributed by atoms with Crippen molar-refractivity contribution < 1.29 is 19.5 Å². The second kappa shape index (κ2) is 4.77. The highest BCUT2D eigenvalue weighted by atomic mass is 79.9. The summed E-state index contributed by atoms with van der Waals surface area (Å²) in [5.41, 5.74) is 0.436. The van der Waals surface area contributed by atoms with E-state index in [1.54, 1.807) is 19.9 Å². The van der Waals surface area contributed by atoms with Crippen LogP contribution in [-0.4, -0.2) is 28.7 Å². The Morgan fingerprint density at radius 1 is 1.21 bits per heavy atom. The molecule has 1 atom stereocenters. The number of nitrogens with zero attached hydrogens (tertiary/aromatic N) is 1. The first-order valence-corrected chi connectivity index (χ1v) is 6.52. The third-order valence-corrected chi connectivity index (χ3v) is 3.52. The van der Waals surface area contributed by atoms with Crippen LogP contribution in [0.4, 0.5) is 0 Å². The number of fused-ring (bicyclic) bond motifs is 1. The van der Waals surface area contributed by atoms with Crippen molar-refractivity contribution in [2.75, 3.05) is 0 Å². The maximum atomic E-state index is 12.2. The summed E-state index contributed by atoms with van der Waals surface area (Å²) in [6.45, 7) is 3.25. The molecule has 2 amide bonds. The monoisotopic (exact) mass is 324 g/mol. The van der Waals surface area contributed by atoms with Gasteiger partial charge in [-0.1, -0.05) is 29.8 Å². The summed E-state index contributed by atoms with van der Waals surface area (Å²) in [7, 11) is 0. The van der Waals surface area contributed by atoms with Gasteiger partial charge in [-0.3, -0.25) is 14.5 Å². The molecule has 2 rings (SSSR count). The summed E-state index contributed by atoms with van der Waals surface area (Å²) >= 11 is 3.22. The van der Waals surface area contributed by atoms with E-state index in [4.69, 9.17) is 0 Å². The SMILES string of the molecule is CC(C)[C@@H](C(=O)[O-])N1C(=O)c2ccc(Br)cc2C1=O. The highest BCUT2D eigenvalue weighted by molar-refractivity contribution is 9.10. The molecule has 0 bridgehead atoms. The van der Waals surface area contributed by atoms with E-state index in [2.05, 4.69) is 15.9 Å². The highest BCUT2D eigenvalue weighted by Gasteiger charge is 2.41. The molecular weight excluding hydrogens is 314 g/mol. The first-order chi connectivity index (χ1) is 8.84. The molecule has 0 saturated carbocycles. The molecule has 1 aliphatic rings. The van der Waals surface area contributed by atoms with Crippen molar-refractivity contribution in [2.45, 2.75) is 19.9 Å². The van der Waals surface area contributed by atoms with Crippen LogP contribution < -0.4 is 5.11 Å². The standard InChI is InChI=1S/C13H12BrNO4/c1-6(2)10(13(18)19)15-11(16)8-4-3-7(14)5-9(8)12(15)17/h3-6,10H,1-2H3,(H,18,19)/p-1/t10-/m0/s1. The summed E-state index contributed by atoms with van der Waals surface area (Å²) in [4.78, 5) is 36.3. The molecule has 1 aromatic carbocycles. The summed E-state index contributed by atoms with van der Waals surface area (Å²) in [5, 5.41) is 11.2. The Bertz CT molecular complexity index is 582. The Hall–Kier alpha value is -1.69. The van der Waals surface area contributed by atoms with E-state index in [0.717, 1.165) is 4.90 Å². The van der Waals surface area contributed by atoms with Crippen LogP contribution in [0.25, 0.3) is 0 Å². The number of carbonyl (C=O) groups is 3. The van der Waals surface area contributed by atoms with E-state index in [-0.39, 0.29) is 11.1 Å². The molecule has 1 aromatic rings. The van der Waals surface area contributed by atoms with Crippen molar-refractivity contribution in [3.05, 3.63) is 33.8 Å². The summed E-state index contributed by atoms with van der Waals surface area (Å²) in [5.74, 6) is -3.03. The van der Waals surface area contributed by atoms with E-state index in [0.29, 0.717) is 4.47 Å². The number of carboxylic acid groups (broad SMARTS) is 1. The molecule has 0 radical (unpaired) electrons. The predicted octanol–water partition coefficient (Wildman–Crippen LogP) is 0.820. The molecular formula is C13H11BrNO4-. The lowest BCUT2D eigenvalue weighted by Gasteiger charge is -2.30. The zero-order valence-electron chi connectivity index (χ0n) is 10.3. The normalized spacial score (nSPS) is 15.9. The molecule has 0 saturated heterocycles. The van der Waals surface area contributed by atoms with Gasteiger partial charge >= 0.3 is 0 Å². The minimum atomic E-state index is -1.43. The largest absolute Gasteiger partial charge is 0.548 e. The quantitative estimate of drug-likeness (QED) is 0.771. The molecule has 0 unspecified atom stereocenters. The maximum Gasteiger partial charge on any atom is 0.262 e. The van der Waals surface area contributed by atoms with Gasteiger partial charge in [-0.2, -0.15) is 0 Å². The molecule has 1 heterocycles. The number of halogens is 1. The zero-order valence-corrected chi connectivity index (χ0v) is 11.9. The number of carboxylic acids is 1. The lowest BCUT2D eigenvalue weighted by atomic mass is 10.0. The molecule has 100 valence electrons. The van der Waals surface area contributed by atoms with E-state index in [1.807, 2.05) is 0 Å². The minimum absolute atomic E-state index is 0.214. The van der Waals surface area contributed by atoms with Crippen LogP contribution in [0.3, 0.4) is 0 Å². The summed E-state index contributed by atoms with van der Waals surface area (Å²) < 4.78 is 0.656. The molecule has 5 nitrogen and oxygen atoms in total. The first kappa shape index (κ1) is 13.7. The van der Waals surface area contributed by atoms with Gasteiger partial charge in [-0.15, -0.1) is 0 Å². The fourth-order valence-electron chi connectivity index (χ4n) is 2.16. The van der Waals surface area contributed by atoms with Crippen molar-refractivity contribution in [1.82, 2.24) is 4.90 Å². The Balaban J connectivity index is 2.50. The Morgan fingerprint density at radius 2 is 1.79 bits per heavy atom. The number of hydrogen-bond acceptors (Lipinski definition) is 4. The van der Waals surface area contributed by atoms with Gasteiger partial charge in [0.1, 0.15) is 0 Å². The van der Waals surface area contributed by atoms with Crippen LogP contribution in [0.5, 0.6) is 0 Å². The summed E-state index contributed by atoms with van der Waals surface area (Å²) in [6, 6.07) is 3.40. The average molecular weight is 325 g/mol. The molecule has 0 aliphatic carbocycles. The van der Waals surface area contributed by atoms with E-state index in [9.17, 15) is 19.5 Å². The van der Waals surface area contributed by atoms with Crippen LogP contribution in [0, 0.1) is 5.92 Å². The van der Waals surface area contributed by atoms with Crippen LogP contribution >= 0.6 is 15.9 Å². The second-order valence-electron chi connectivity index (χ2n) is 4.68.